The van der Waals surface area contributed by atoms with Crippen molar-refractivity contribution in [2.24, 2.45) is 0 Å². The largest absolute Gasteiger partial charge is 0.492 e. The number of thioether (sulfide) groups is 1. The van der Waals surface area contributed by atoms with Crippen molar-refractivity contribution in [3.8, 4) is 5.75 Å². The third kappa shape index (κ3) is 5.68. The van der Waals surface area contributed by atoms with Crippen LogP contribution in [0.5, 0.6) is 5.75 Å². The summed E-state index contributed by atoms with van der Waals surface area (Å²) in [6, 6.07) is 17.9. The van der Waals surface area contributed by atoms with Crippen LogP contribution in [0.4, 0.5) is 4.79 Å². The molecule has 3 aromatic rings. The Morgan fingerprint density at radius 1 is 0.968 bits per heavy atom. The zero-order valence-electron chi connectivity index (χ0n) is 15.9. The molecule has 0 bridgehead atoms. The molecule has 2 aromatic carbocycles. The van der Waals surface area contributed by atoms with Crippen molar-refractivity contribution in [2.75, 3.05) is 13.2 Å². The molecule has 0 saturated carbocycles. The van der Waals surface area contributed by atoms with E-state index in [0.717, 1.165) is 16.7 Å². The summed E-state index contributed by atoms with van der Waals surface area (Å²) >= 11 is 14.1. The van der Waals surface area contributed by atoms with E-state index < -0.39 is 0 Å². The Kier molecular flexibility index (Phi) is 6.97. The van der Waals surface area contributed by atoms with Crippen molar-refractivity contribution in [2.45, 2.75) is 9.99 Å². The molecule has 9 heteroatoms. The van der Waals surface area contributed by atoms with Gasteiger partial charge in [-0.1, -0.05) is 35.0 Å². The van der Waals surface area contributed by atoms with Crippen molar-refractivity contribution in [3.63, 3.8) is 0 Å². The molecule has 1 aromatic heterocycles. The van der Waals surface area contributed by atoms with Crippen LogP contribution in [0.3, 0.4) is 0 Å². The number of imide groups is 1. The molecule has 2 amide bonds. The van der Waals surface area contributed by atoms with E-state index in [-0.39, 0.29) is 24.3 Å². The summed E-state index contributed by atoms with van der Waals surface area (Å²) in [6.07, 6.45) is 1.58. The number of furan rings is 1. The number of carbonyl (C=O) groups excluding carboxylic acids is 2. The van der Waals surface area contributed by atoms with Crippen LogP contribution in [0.2, 0.25) is 10.0 Å². The predicted octanol–water partition coefficient (Wildman–Crippen LogP) is 6.85. The smallest absolute Gasteiger partial charge is 0.293 e. The number of ether oxygens (including phenoxy) is 1. The van der Waals surface area contributed by atoms with E-state index in [9.17, 15) is 9.59 Å². The SMILES string of the molecule is O=C1S/C(=C\c2ccc(Sc3ccc(Cl)cc3)o2)C(=O)N1CCOc1ccc(Cl)cc1. The normalized spacial score (nSPS) is 15.2. The van der Waals surface area contributed by atoms with E-state index >= 15 is 0 Å². The van der Waals surface area contributed by atoms with Gasteiger partial charge in [0.25, 0.3) is 11.1 Å². The molecule has 0 unspecified atom stereocenters. The Hall–Kier alpha value is -2.32. The maximum atomic E-state index is 12.6. The van der Waals surface area contributed by atoms with Gasteiger partial charge in [0.15, 0.2) is 5.09 Å². The second kappa shape index (κ2) is 9.87. The summed E-state index contributed by atoms with van der Waals surface area (Å²) in [5.41, 5.74) is 0. The standard InChI is InChI=1S/C22H15Cl2NO4S2/c23-14-1-5-16(6-2-14)28-12-11-25-21(26)19(31-22(25)27)13-17-7-10-20(29-17)30-18-8-3-15(24)4-9-18/h1-10,13H,11-12H2/b19-13-. The highest BCUT2D eigenvalue weighted by atomic mass is 35.5. The molecular weight excluding hydrogens is 477 g/mol. The van der Waals surface area contributed by atoms with Crippen LogP contribution < -0.4 is 4.74 Å². The first kappa shape index (κ1) is 21.9. The zero-order chi connectivity index (χ0) is 21.8. The van der Waals surface area contributed by atoms with Gasteiger partial charge in [0.1, 0.15) is 18.1 Å². The maximum absolute atomic E-state index is 12.6. The van der Waals surface area contributed by atoms with Gasteiger partial charge in [-0.2, -0.15) is 0 Å². The van der Waals surface area contributed by atoms with Gasteiger partial charge in [-0.05, 0) is 72.4 Å². The van der Waals surface area contributed by atoms with Gasteiger partial charge >= 0.3 is 0 Å². The number of benzene rings is 2. The summed E-state index contributed by atoms with van der Waals surface area (Å²) in [5.74, 6) is 0.755. The number of amides is 2. The molecule has 1 fully saturated rings. The highest BCUT2D eigenvalue weighted by Crippen LogP contribution is 2.34. The first-order valence-electron chi connectivity index (χ1n) is 9.15. The summed E-state index contributed by atoms with van der Waals surface area (Å²) < 4.78 is 11.3. The lowest BCUT2D eigenvalue weighted by Gasteiger charge is -2.13. The molecule has 0 radical (unpaired) electrons. The van der Waals surface area contributed by atoms with E-state index in [4.69, 9.17) is 32.4 Å². The van der Waals surface area contributed by atoms with Crippen LogP contribution in [0, 0.1) is 0 Å². The molecule has 0 aliphatic carbocycles. The van der Waals surface area contributed by atoms with Gasteiger partial charge < -0.3 is 9.15 Å². The lowest BCUT2D eigenvalue weighted by Crippen LogP contribution is -2.32. The molecule has 1 aliphatic rings. The number of nitrogens with zero attached hydrogens (tertiary/aromatic N) is 1. The third-order valence-corrected chi connectivity index (χ3v) is 6.52. The number of halogens is 2. The maximum Gasteiger partial charge on any atom is 0.293 e. The molecule has 0 spiro atoms. The second-order valence-corrected chi connectivity index (χ2v) is 9.29. The summed E-state index contributed by atoms with van der Waals surface area (Å²) in [4.78, 5) is 27.3. The van der Waals surface area contributed by atoms with Crippen molar-refractivity contribution in [1.29, 1.82) is 0 Å². The van der Waals surface area contributed by atoms with Crippen molar-refractivity contribution in [1.82, 2.24) is 4.90 Å². The molecule has 31 heavy (non-hydrogen) atoms. The van der Waals surface area contributed by atoms with Gasteiger partial charge in [-0.15, -0.1) is 0 Å². The van der Waals surface area contributed by atoms with Gasteiger partial charge in [0.05, 0.1) is 11.4 Å². The monoisotopic (exact) mass is 491 g/mol. The molecule has 1 saturated heterocycles. The third-order valence-electron chi connectivity index (χ3n) is 4.18. The number of hydrogen-bond donors (Lipinski definition) is 0. The minimum Gasteiger partial charge on any atom is -0.492 e. The van der Waals surface area contributed by atoms with Gasteiger partial charge in [-0.25, -0.2) is 0 Å². The quantitative estimate of drug-likeness (QED) is 0.336. The predicted molar refractivity (Wildman–Crippen MR) is 124 cm³/mol. The summed E-state index contributed by atoms with van der Waals surface area (Å²) in [6.45, 7) is 0.343. The fourth-order valence-corrected chi connectivity index (χ4v) is 4.57. The molecule has 2 heterocycles. The van der Waals surface area contributed by atoms with Crippen molar-refractivity contribution in [3.05, 3.63) is 81.4 Å². The fourth-order valence-electron chi connectivity index (χ4n) is 2.69. The second-order valence-electron chi connectivity index (χ2n) is 6.35. The Morgan fingerprint density at radius 2 is 1.65 bits per heavy atom. The molecule has 1 aliphatic heterocycles. The first-order valence-corrected chi connectivity index (χ1v) is 11.5. The molecular formula is C22H15Cl2NO4S2. The van der Waals surface area contributed by atoms with Crippen LogP contribution in [0.1, 0.15) is 5.76 Å². The van der Waals surface area contributed by atoms with Crippen molar-refractivity contribution < 1.29 is 18.7 Å². The van der Waals surface area contributed by atoms with E-state index in [0.29, 0.717) is 31.6 Å². The molecule has 0 N–H and O–H groups in total. The minimum absolute atomic E-state index is 0.153. The highest BCUT2D eigenvalue weighted by Gasteiger charge is 2.35. The highest BCUT2D eigenvalue weighted by molar-refractivity contribution is 8.18. The number of hydrogen-bond acceptors (Lipinski definition) is 6. The lowest BCUT2D eigenvalue weighted by molar-refractivity contribution is -0.123. The van der Waals surface area contributed by atoms with E-state index in [1.54, 1.807) is 48.5 Å². The average molecular weight is 492 g/mol. The van der Waals surface area contributed by atoms with Crippen LogP contribution in [-0.2, 0) is 4.79 Å². The van der Waals surface area contributed by atoms with Crippen LogP contribution in [0.15, 0.2) is 80.0 Å². The van der Waals surface area contributed by atoms with Gasteiger partial charge in [0.2, 0.25) is 0 Å². The Bertz CT molecular complexity index is 1130. The van der Waals surface area contributed by atoms with Crippen LogP contribution in [0.25, 0.3) is 6.08 Å². The Morgan fingerprint density at radius 3 is 2.35 bits per heavy atom. The molecule has 158 valence electrons. The van der Waals surface area contributed by atoms with Gasteiger partial charge in [-0.3, -0.25) is 14.5 Å². The zero-order valence-corrected chi connectivity index (χ0v) is 19.1. The van der Waals surface area contributed by atoms with E-state index in [1.807, 2.05) is 18.2 Å². The van der Waals surface area contributed by atoms with Crippen LogP contribution in [-0.4, -0.2) is 29.2 Å². The molecule has 4 rings (SSSR count). The fraction of sp³-hybridized carbons (Fsp3) is 0.0909. The minimum atomic E-state index is -0.363. The topological polar surface area (TPSA) is 59.8 Å². The van der Waals surface area contributed by atoms with Crippen LogP contribution >= 0.6 is 46.7 Å². The average Bonchev–Trinajstić information content (AvgIpc) is 3.30. The first-order chi connectivity index (χ1) is 15.0. The summed E-state index contributed by atoms with van der Waals surface area (Å²) in [5, 5.41) is 1.61. The van der Waals surface area contributed by atoms with Crippen molar-refractivity contribution >= 4 is 63.9 Å². The Balaban J connectivity index is 1.36. The number of rotatable bonds is 7. The molecule has 0 atom stereocenters. The Labute approximate surface area is 197 Å². The number of carbonyl (C=O) groups is 2. The van der Waals surface area contributed by atoms with Gasteiger partial charge in [0, 0.05) is 21.0 Å². The molecule has 5 nitrogen and oxygen atoms in total. The van der Waals surface area contributed by atoms with E-state index in [2.05, 4.69) is 0 Å². The summed E-state index contributed by atoms with van der Waals surface area (Å²) in [7, 11) is 0. The van der Waals surface area contributed by atoms with E-state index in [1.165, 1.54) is 16.7 Å². The lowest BCUT2D eigenvalue weighted by atomic mass is 10.3.